The minimum atomic E-state index is -1.64. The Kier molecular flexibility index (Phi) is 33.9. The molecule has 95 heavy (non-hydrogen) atoms. The molecule has 4 rings (SSSR count). The molecule has 0 spiro atoms. The Morgan fingerprint density at radius 1 is 0.537 bits per heavy atom. The SMILES string of the molecule is CSCC[C@H](NC(=O)[C@@H](CC(C)C)NC(=O)CNC(=O)[C@H](Cc1ccccc1)NC(=O)[C@H](Cc1ccccc1)NC(=O)[C@H](CCC(N)=O)NC(=O)[C@H](CCC(N)=O)NC(=O)[C@H]1CCCN1C(=O)[C@H](CCCCN)NC(=O)[C@H]1CCCN1C(=O)[C@@H](N)CCCN=C(N)N)C(N)=O. The molecule has 31 nitrogen and oxygen atoms in total. The van der Waals surface area contributed by atoms with Gasteiger partial charge in [0.15, 0.2) is 5.96 Å². The lowest BCUT2D eigenvalue weighted by atomic mass is 10.0. The number of carbonyl (C=O) groups excluding carboxylic acids is 13. The van der Waals surface area contributed by atoms with E-state index in [-0.39, 0.29) is 83.0 Å². The summed E-state index contributed by atoms with van der Waals surface area (Å²) in [6.07, 6.45) is 3.12. The van der Waals surface area contributed by atoms with E-state index in [0.29, 0.717) is 55.4 Å². The first-order valence-electron chi connectivity index (χ1n) is 32.2. The first-order valence-corrected chi connectivity index (χ1v) is 33.6. The smallest absolute Gasteiger partial charge is 0.245 e. The summed E-state index contributed by atoms with van der Waals surface area (Å²) >= 11 is 1.45. The van der Waals surface area contributed by atoms with Crippen molar-refractivity contribution < 1.29 is 62.3 Å². The Hall–Kier alpha value is -8.91. The number of thioether (sulfide) groups is 1. The second-order valence-electron chi connectivity index (χ2n) is 24.1. The number of nitrogens with two attached hydrogens (primary N) is 7. The van der Waals surface area contributed by atoms with E-state index in [2.05, 4.69) is 47.5 Å². The van der Waals surface area contributed by atoms with Gasteiger partial charge < -0.3 is 92.5 Å². The summed E-state index contributed by atoms with van der Waals surface area (Å²) in [6.45, 7) is 3.86. The molecule has 2 aliphatic rings. The van der Waals surface area contributed by atoms with Crippen molar-refractivity contribution in [3.8, 4) is 0 Å². The first-order chi connectivity index (χ1) is 45.2. The largest absolute Gasteiger partial charge is 0.370 e. The molecule has 32 heteroatoms. The molecule has 0 radical (unpaired) electrons. The number of hydrogen-bond donors (Lipinski definition) is 15. The number of aliphatic imine (C=N–C) groups is 1. The fourth-order valence-electron chi connectivity index (χ4n) is 11.0. The van der Waals surface area contributed by atoms with Gasteiger partial charge in [0.25, 0.3) is 0 Å². The molecule has 2 fully saturated rings. The number of carbonyl (C=O) groups is 13. The van der Waals surface area contributed by atoms with Crippen molar-refractivity contribution in [2.75, 3.05) is 44.7 Å². The van der Waals surface area contributed by atoms with E-state index in [1.54, 1.807) is 60.7 Å². The van der Waals surface area contributed by atoms with Crippen LogP contribution in [0.4, 0.5) is 0 Å². The molecule has 2 aliphatic heterocycles. The van der Waals surface area contributed by atoms with Crippen LogP contribution < -0.4 is 82.7 Å². The van der Waals surface area contributed by atoms with E-state index in [1.807, 2.05) is 20.1 Å². The molecule has 524 valence electrons. The van der Waals surface area contributed by atoms with E-state index in [4.69, 9.17) is 40.1 Å². The Bertz CT molecular complexity index is 2960. The normalized spacial score (nSPS) is 16.8. The zero-order valence-electron chi connectivity index (χ0n) is 54.5. The zero-order chi connectivity index (χ0) is 70.1. The maximum Gasteiger partial charge on any atom is 0.245 e. The number of nitrogens with one attached hydrogen (secondary N) is 8. The molecule has 0 aromatic heterocycles. The third-order valence-corrected chi connectivity index (χ3v) is 16.7. The monoisotopic (exact) mass is 1350 g/mol. The lowest BCUT2D eigenvalue weighted by Crippen LogP contribution is -2.60. The van der Waals surface area contributed by atoms with Gasteiger partial charge in [-0.15, -0.1) is 0 Å². The standard InChI is InChI=1S/C63H98N18O13S/c1-37(2)33-45(57(89)74-41(53(68)85)27-32-95-3)73-52(84)36-72-54(86)46(34-38-15-6-4-7-16-38)78-58(90)47(35-39-17-8-5-9-18-39)79-56(88)42(23-25-50(66)82)75-55(87)43(24-26-51(67)83)76-59(91)49-22-14-31-81(49)62(94)44(20-10-11-28-64)77-60(92)48-21-13-30-80(48)61(93)40(65)19-12-29-71-63(69)70/h4-9,15-18,37,40-49H,10-14,19-36,64-65H2,1-3H3,(H2,66,82)(H2,67,83)(H2,68,85)(H,72,86)(H,73,84)(H,74,89)(H,75,87)(H,76,91)(H,77,92)(H,78,90)(H,79,88)(H4,69,70,71)/t40-,41-,42-,43-,44-,45+,46-,47-,48+,49+/m0/s1. The summed E-state index contributed by atoms with van der Waals surface area (Å²) in [4.78, 5) is 185. The van der Waals surface area contributed by atoms with Crippen LogP contribution in [0.15, 0.2) is 65.7 Å². The maximum absolute atomic E-state index is 14.7. The van der Waals surface area contributed by atoms with Crippen molar-refractivity contribution in [2.45, 2.75) is 183 Å². The average Bonchev–Trinajstić information content (AvgIpc) is 1.74. The Morgan fingerprint density at radius 3 is 1.51 bits per heavy atom. The van der Waals surface area contributed by atoms with Crippen molar-refractivity contribution in [2.24, 2.45) is 51.0 Å². The molecule has 13 amide bonds. The van der Waals surface area contributed by atoms with Crippen LogP contribution in [0.2, 0.25) is 0 Å². The fraction of sp³-hybridized carbons (Fsp3) is 0.587. The average molecular weight is 1350 g/mol. The summed E-state index contributed by atoms with van der Waals surface area (Å²) in [5.41, 5.74) is 40.6. The van der Waals surface area contributed by atoms with Gasteiger partial charge in [-0.1, -0.05) is 74.5 Å². The Labute approximate surface area is 558 Å². The van der Waals surface area contributed by atoms with Crippen LogP contribution in [-0.2, 0) is 75.2 Å². The Morgan fingerprint density at radius 2 is 1.01 bits per heavy atom. The zero-order valence-corrected chi connectivity index (χ0v) is 55.3. The van der Waals surface area contributed by atoms with E-state index in [0.717, 1.165) is 0 Å². The molecule has 0 saturated carbocycles. The molecule has 0 aliphatic carbocycles. The van der Waals surface area contributed by atoms with E-state index in [1.165, 1.54) is 21.6 Å². The van der Waals surface area contributed by atoms with Gasteiger partial charge in [0.2, 0.25) is 76.8 Å². The van der Waals surface area contributed by atoms with Crippen LogP contribution in [0, 0.1) is 5.92 Å². The second kappa shape index (κ2) is 41.0. The van der Waals surface area contributed by atoms with Crippen LogP contribution in [0.25, 0.3) is 0 Å². The van der Waals surface area contributed by atoms with Crippen LogP contribution in [-0.4, -0.2) is 198 Å². The molecule has 2 aromatic rings. The summed E-state index contributed by atoms with van der Waals surface area (Å²) in [6, 6.07) is 4.51. The van der Waals surface area contributed by atoms with Gasteiger partial charge in [-0.25, -0.2) is 0 Å². The van der Waals surface area contributed by atoms with Crippen LogP contribution in [0.3, 0.4) is 0 Å². The van der Waals surface area contributed by atoms with E-state index < -0.39 is 169 Å². The first kappa shape index (κ1) is 78.5. The van der Waals surface area contributed by atoms with E-state index >= 15 is 0 Å². The highest BCUT2D eigenvalue weighted by molar-refractivity contribution is 7.98. The number of nitrogens with zero attached hydrogens (tertiary/aromatic N) is 3. The van der Waals surface area contributed by atoms with Crippen molar-refractivity contribution in [1.82, 2.24) is 52.3 Å². The van der Waals surface area contributed by atoms with E-state index in [9.17, 15) is 62.3 Å². The van der Waals surface area contributed by atoms with Gasteiger partial charge in [0.05, 0.1) is 12.6 Å². The van der Waals surface area contributed by atoms with Gasteiger partial charge >= 0.3 is 0 Å². The molecule has 10 atom stereocenters. The minimum Gasteiger partial charge on any atom is -0.370 e. The minimum absolute atomic E-state index is 0.0736. The number of unbranched alkanes of at least 4 members (excludes halogenated alkanes) is 1. The van der Waals surface area contributed by atoms with Crippen LogP contribution in [0.1, 0.15) is 121 Å². The number of benzene rings is 2. The topological polar surface area (TPSA) is 519 Å². The van der Waals surface area contributed by atoms with Crippen LogP contribution in [0.5, 0.6) is 0 Å². The third kappa shape index (κ3) is 27.5. The lowest BCUT2D eigenvalue weighted by Gasteiger charge is -2.32. The molecule has 2 saturated heterocycles. The lowest BCUT2D eigenvalue weighted by molar-refractivity contribution is -0.144. The van der Waals surface area contributed by atoms with Gasteiger partial charge in [0, 0.05) is 45.3 Å². The number of guanidine groups is 1. The second-order valence-corrected chi connectivity index (χ2v) is 25.1. The third-order valence-electron chi connectivity index (χ3n) is 16.0. The highest BCUT2D eigenvalue weighted by Crippen LogP contribution is 2.24. The number of hydrogen-bond acceptors (Lipinski definition) is 17. The van der Waals surface area contributed by atoms with Crippen molar-refractivity contribution >= 4 is 94.5 Å². The van der Waals surface area contributed by atoms with Gasteiger partial charge in [0.1, 0.15) is 54.4 Å². The number of amides is 13. The molecule has 2 aromatic carbocycles. The number of likely N-dealkylation sites (tertiary alicyclic amines) is 2. The highest BCUT2D eigenvalue weighted by Gasteiger charge is 2.42. The van der Waals surface area contributed by atoms with Gasteiger partial charge in [-0.2, -0.15) is 11.8 Å². The van der Waals surface area contributed by atoms with Gasteiger partial charge in [-0.3, -0.25) is 67.3 Å². The van der Waals surface area contributed by atoms with Crippen LogP contribution >= 0.6 is 11.8 Å². The molecular weight excluding hydrogens is 1250 g/mol. The summed E-state index contributed by atoms with van der Waals surface area (Å²) in [5, 5.41) is 21.1. The highest BCUT2D eigenvalue weighted by atomic mass is 32.2. The molecule has 2 heterocycles. The number of rotatable bonds is 42. The van der Waals surface area contributed by atoms with Crippen molar-refractivity contribution in [1.29, 1.82) is 0 Å². The summed E-state index contributed by atoms with van der Waals surface area (Å²) in [5.74, 6) is -9.80. The quantitative estimate of drug-likeness (QED) is 0.0173. The predicted molar refractivity (Wildman–Crippen MR) is 356 cm³/mol. The van der Waals surface area contributed by atoms with Gasteiger partial charge in [-0.05, 0) is 119 Å². The van der Waals surface area contributed by atoms with Crippen molar-refractivity contribution in [3.63, 3.8) is 0 Å². The molecule has 22 N–H and O–H groups in total. The predicted octanol–water partition coefficient (Wildman–Crippen LogP) is -3.71. The summed E-state index contributed by atoms with van der Waals surface area (Å²) in [7, 11) is 0. The Balaban J connectivity index is 1.56. The molecular formula is C63H98N18O13S. The number of primary amides is 3. The van der Waals surface area contributed by atoms with Crippen molar-refractivity contribution in [3.05, 3.63) is 71.8 Å². The molecule has 0 unspecified atom stereocenters. The fourth-order valence-corrected chi connectivity index (χ4v) is 11.5. The molecule has 0 bridgehead atoms. The summed E-state index contributed by atoms with van der Waals surface area (Å²) < 4.78 is 0. The maximum atomic E-state index is 14.7.